The Bertz CT molecular complexity index is 456. The van der Waals surface area contributed by atoms with E-state index in [0.29, 0.717) is 5.75 Å². The van der Waals surface area contributed by atoms with Crippen LogP contribution in [0.1, 0.15) is 38.4 Å². The standard InChI is InChI=1S/C15H19F5O2/c1-4-10(2)22-12-7-5-11(6-8-12)13(21-3)9-14(16,17)15(18,19)20/h5-8,10,13H,4,9H2,1-3H3. The molecule has 22 heavy (non-hydrogen) atoms. The lowest BCUT2D eigenvalue weighted by atomic mass is 10.0. The van der Waals surface area contributed by atoms with Crippen molar-refractivity contribution in [3.8, 4) is 5.75 Å². The zero-order chi connectivity index (χ0) is 17.0. The molecule has 7 heteroatoms. The number of benzene rings is 1. The van der Waals surface area contributed by atoms with E-state index in [-0.39, 0.29) is 11.7 Å². The fraction of sp³-hybridized carbons (Fsp3) is 0.600. The summed E-state index contributed by atoms with van der Waals surface area (Å²) in [6.45, 7) is 3.81. The lowest BCUT2D eigenvalue weighted by Gasteiger charge is -2.24. The minimum atomic E-state index is -5.59. The first-order valence-corrected chi connectivity index (χ1v) is 6.84. The van der Waals surface area contributed by atoms with Crippen LogP contribution in [0.5, 0.6) is 5.75 Å². The summed E-state index contributed by atoms with van der Waals surface area (Å²) < 4.78 is 73.3. The normalized spacial score (nSPS) is 15.5. The van der Waals surface area contributed by atoms with E-state index in [9.17, 15) is 22.0 Å². The van der Waals surface area contributed by atoms with Crippen molar-refractivity contribution in [3.63, 3.8) is 0 Å². The molecule has 1 aromatic carbocycles. The molecule has 2 unspecified atom stereocenters. The Kier molecular flexibility index (Phi) is 6.17. The van der Waals surface area contributed by atoms with Gasteiger partial charge in [-0.25, -0.2) is 0 Å². The lowest BCUT2D eigenvalue weighted by molar-refractivity contribution is -0.291. The van der Waals surface area contributed by atoms with Gasteiger partial charge < -0.3 is 9.47 Å². The Morgan fingerprint density at radius 1 is 1.05 bits per heavy atom. The Balaban J connectivity index is 2.84. The highest BCUT2D eigenvalue weighted by atomic mass is 19.4. The first-order valence-electron chi connectivity index (χ1n) is 6.84. The molecule has 0 saturated carbocycles. The topological polar surface area (TPSA) is 18.5 Å². The first-order chi connectivity index (χ1) is 10.1. The minimum Gasteiger partial charge on any atom is -0.491 e. The third-order valence-electron chi connectivity index (χ3n) is 3.31. The van der Waals surface area contributed by atoms with Crippen molar-refractivity contribution < 1.29 is 31.4 Å². The van der Waals surface area contributed by atoms with Crippen molar-refractivity contribution in [2.45, 2.75) is 51.0 Å². The van der Waals surface area contributed by atoms with E-state index in [4.69, 9.17) is 9.47 Å². The zero-order valence-corrected chi connectivity index (χ0v) is 12.6. The number of alkyl halides is 5. The second-order valence-electron chi connectivity index (χ2n) is 5.04. The number of halogens is 5. The predicted molar refractivity (Wildman–Crippen MR) is 72.2 cm³/mol. The van der Waals surface area contributed by atoms with Crippen molar-refractivity contribution in [1.82, 2.24) is 0 Å². The van der Waals surface area contributed by atoms with Gasteiger partial charge in [0.25, 0.3) is 0 Å². The van der Waals surface area contributed by atoms with Gasteiger partial charge in [-0.2, -0.15) is 22.0 Å². The van der Waals surface area contributed by atoms with E-state index in [1.807, 2.05) is 13.8 Å². The molecular weight excluding hydrogens is 307 g/mol. The summed E-state index contributed by atoms with van der Waals surface area (Å²) in [6, 6.07) is 5.91. The molecule has 0 fully saturated rings. The van der Waals surface area contributed by atoms with Crippen molar-refractivity contribution in [3.05, 3.63) is 29.8 Å². The zero-order valence-electron chi connectivity index (χ0n) is 12.6. The van der Waals surface area contributed by atoms with Gasteiger partial charge in [0.05, 0.1) is 18.6 Å². The van der Waals surface area contributed by atoms with Gasteiger partial charge in [0.2, 0.25) is 0 Å². The molecule has 1 aromatic rings. The van der Waals surface area contributed by atoms with Crippen LogP contribution in [0.2, 0.25) is 0 Å². The average molecular weight is 326 g/mol. The molecule has 2 atom stereocenters. The van der Waals surface area contributed by atoms with Crippen LogP contribution in [0, 0.1) is 0 Å². The molecule has 0 saturated heterocycles. The van der Waals surface area contributed by atoms with Gasteiger partial charge in [-0.05, 0) is 31.0 Å². The molecule has 0 spiro atoms. The van der Waals surface area contributed by atoms with Crippen LogP contribution in [0.3, 0.4) is 0 Å². The summed E-state index contributed by atoms with van der Waals surface area (Å²) in [6.07, 6.45) is -7.63. The summed E-state index contributed by atoms with van der Waals surface area (Å²) in [5.74, 6) is -4.28. The van der Waals surface area contributed by atoms with E-state index >= 15 is 0 Å². The van der Waals surface area contributed by atoms with Gasteiger partial charge >= 0.3 is 12.1 Å². The van der Waals surface area contributed by atoms with Crippen molar-refractivity contribution in [1.29, 1.82) is 0 Å². The van der Waals surface area contributed by atoms with E-state index in [2.05, 4.69) is 0 Å². The Morgan fingerprint density at radius 3 is 2.00 bits per heavy atom. The van der Waals surface area contributed by atoms with E-state index in [1.165, 1.54) is 24.3 Å². The lowest BCUT2D eigenvalue weighted by Crippen LogP contribution is -2.38. The van der Waals surface area contributed by atoms with E-state index in [1.54, 1.807) is 0 Å². The van der Waals surface area contributed by atoms with E-state index in [0.717, 1.165) is 13.5 Å². The van der Waals surface area contributed by atoms with Crippen molar-refractivity contribution in [2.24, 2.45) is 0 Å². The van der Waals surface area contributed by atoms with Crippen LogP contribution in [-0.2, 0) is 4.74 Å². The molecule has 126 valence electrons. The maximum Gasteiger partial charge on any atom is 0.453 e. The van der Waals surface area contributed by atoms with E-state index < -0.39 is 24.6 Å². The molecule has 1 rings (SSSR count). The Labute approximate surface area is 126 Å². The summed E-state index contributed by atoms with van der Waals surface area (Å²) in [5, 5.41) is 0. The highest BCUT2D eigenvalue weighted by Gasteiger charge is 2.58. The monoisotopic (exact) mass is 326 g/mol. The first kappa shape index (κ1) is 18.7. The van der Waals surface area contributed by atoms with Gasteiger partial charge in [0.15, 0.2) is 0 Å². The maximum atomic E-state index is 13.1. The molecule has 0 heterocycles. The van der Waals surface area contributed by atoms with Crippen LogP contribution >= 0.6 is 0 Å². The number of ether oxygens (including phenoxy) is 2. The minimum absolute atomic E-state index is 0.0152. The molecule has 0 amide bonds. The average Bonchev–Trinajstić information content (AvgIpc) is 2.44. The van der Waals surface area contributed by atoms with Crippen LogP contribution < -0.4 is 4.74 Å². The summed E-state index contributed by atoms with van der Waals surface area (Å²) in [5.41, 5.74) is 0.239. The van der Waals surface area contributed by atoms with Crippen molar-refractivity contribution >= 4 is 0 Å². The van der Waals surface area contributed by atoms with Gasteiger partial charge in [-0.3, -0.25) is 0 Å². The molecule has 0 radical (unpaired) electrons. The maximum absolute atomic E-state index is 13.1. The van der Waals surface area contributed by atoms with Crippen LogP contribution in [-0.4, -0.2) is 25.3 Å². The molecule has 2 nitrogen and oxygen atoms in total. The molecular formula is C15H19F5O2. The molecule has 0 N–H and O–H groups in total. The van der Waals surface area contributed by atoms with Gasteiger partial charge in [-0.1, -0.05) is 19.1 Å². The van der Waals surface area contributed by atoms with Crippen LogP contribution in [0.15, 0.2) is 24.3 Å². The fourth-order valence-corrected chi connectivity index (χ4v) is 1.76. The Hall–Kier alpha value is -1.37. The quantitative estimate of drug-likeness (QED) is 0.646. The van der Waals surface area contributed by atoms with Crippen LogP contribution in [0.4, 0.5) is 22.0 Å². The SMILES string of the molecule is CCC(C)Oc1ccc(C(CC(F)(F)C(F)(F)F)OC)cc1. The Morgan fingerprint density at radius 2 is 1.59 bits per heavy atom. The predicted octanol–water partition coefficient (Wildman–Crippen LogP) is 5.14. The smallest absolute Gasteiger partial charge is 0.453 e. The molecule has 0 aliphatic heterocycles. The molecule has 0 aliphatic carbocycles. The molecule has 0 bridgehead atoms. The molecule has 0 aromatic heterocycles. The van der Waals surface area contributed by atoms with Gasteiger partial charge in [-0.15, -0.1) is 0 Å². The number of rotatable bonds is 7. The molecule has 0 aliphatic rings. The third kappa shape index (κ3) is 4.83. The van der Waals surface area contributed by atoms with Crippen molar-refractivity contribution in [2.75, 3.05) is 7.11 Å². The largest absolute Gasteiger partial charge is 0.491 e. The third-order valence-corrected chi connectivity index (χ3v) is 3.31. The van der Waals surface area contributed by atoms with Crippen LogP contribution in [0.25, 0.3) is 0 Å². The number of hydrogen-bond donors (Lipinski definition) is 0. The number of hydrogen-bond acceptors (Lipinski definition) is 2. The summed E-state index contributed by atoms with van der Waals surface area (Å²) in [7, 11) is 1.10. The highest BCUT2D eigenvalue weighted by molar-refractivity contribution is 5.29. The highest BCUT2D eigenvalue weighted by Crippen LogP contribution is 2.42. The summed E-state index contributed by atoms with van der Waals surface area (Å²) in [4.78, 5) is 0. The summed E-state index contributed by atoms with van der Waals surface area (Å²) >= 11 is 0. The second kappa shape index (κ2) is 7.26. The second-order valence-corrected chi connectivity index (χ2v) is 5.04. The number of methoxy groups -OCH3 is 1. The van der Waals surface area contributed by atoms with Gasteiger partial charge in [0, 0.05) is 7.11 Å². The fourth-order valence-electron chi connectivity index (χ4n) is 1.76. The van der Waals surface area contributed by atoms with Gasteiger partial charge in [0.1, 0.15) is 5.75 Å².